The number of carbonyl (C=O) groups excluding carboxylic acids is 1. The third-order valence-electron chi connectivity index (χ3n) is 5.75. The van der Waals surface area contributed by atoms with Gasteiger partial charge in [-0.15, -0.1) is 0 Å². The first-order chi connectivity index (χ1) is 14.5. The first-order valence-electron chi connectivity index (χ1n) is 10.5. The van der Waals surface area contributed by atoms with Crippen LogP contribution in [0.4, 0.5) is 5.69 Å². The molecule has 1 aromatic heterocycles. The van der Waals surface area contributed by atoms with Gasteiger partial charge in [0, 0.05) is 50.4 Å². The van der Waals surface area contributed by atoms with Gasteiger partial charge in [0.05, 0.1) is 0 Å². The van der Waals surface area contributed by atoms with E-state index in [0.29, 0.717) is 24.1 Å². The van der Waals surface area contributed by atoms with Crippen LogP contribution in [0.1, 0.15) is 34.7 Å². The van der Waals surface area contributed by atoms with Gasteiger partial charge in [0.2, 0.25) is 11.7 Å². The summed E-state index contributed by atoms with van der Waals surface area (Å²) in [7, 11) is 3.99. The Labute approximate surface area is 177 Å². The Bertz CT molecular complexity index is 1010. The molecule has 0 N–H and O–H groups in total. The summed E-state index contributed by atoms with van der Waals surface area (Å²) in [5, 5.41) is 4.17. The fraction of sp³-hybridized carbons (Fsp3) is 0.375. The Morgan fingerprint density at radius 3 is 2.67 bits per heavy atom. The largest absolute Gasteiger partial charge is 0.378 e. The molecule has 0 aliphatic carbocycles. The number of aromatic nitrogens is 2. The Morgan fingerprint density at radius 1 is 1.17 bits per heavy atom. The van der Waals surface area contributed by atoms with Crippen LogP contribution in [0.5, 0.6) is 0 Å². The number of hydrogen-bond donors (Lipinski definition) is 0. The Morgan fingerprint density at radius 2 is 1.93 bits per heavy atom. The zero-order valence-electron chi connectivity index (χ0n) is 17.8. The molecule has 1 unspecified atom stereocenters. The van der Waals surface area contributed by atoms with Gasteiger partial charge < -0.3 is 14.3 Å². The summed E-state index contributed by atoms with van der Waals surface area (Å²) in [6, 6.07) is 15.8. The van der Waals surface area contributed by atoms with Crippen molar-refractivity contribution in [2.24, 2.45) is 5.92 Å². The van der Waals surface area contributed by atoms with E-state index in [2.05, 4.69) is 10.1 Å². The minimum absolute atomic E-state index is 0.0936. The molecule has 6 nitrogen and oxygen atoms in total. The molecular formula is C24H28N4O2. The van der Waals surface area contributed by atoms with Crippen molar-refractivity contribution in [1.29, 1.82) is 0 Å². The van der Waals surface area contributed by atoms with Gasteiger partial charge >= 0.3 is 0 Å². The smallest absolute Gasteiger partial charge is 0.253 e. The molecule has 0 bridgehead atoms. The van der Waals surface area contributed by atoms with Crippen molar-refractivity contribution in [3.63, 3.8) is 0 Å². The van der Waals surface area contributed by atoms with Crippen molar-refractivity contribution in [3.8, 4) is 11.4 Å². The van der Waals surface area contributed by atoms with Gasteiger partial charge in [-0.25, -0.2) is 0 Å². The lowest BCUT2D eigenvalue weighted by molar-refractivity contribution is 0.0668. The minimum atomic E-state index is 0.0936. The average Bonchev–Trinajstić information content (AvgIpc) is 3.22. The second-order valence-corrected chi connectivity index (χ2v) is 8.23. The van der Waals surface area contributed by atoms with Crippen LogP contribution in [-0.4, -0.2) is 48.1 Å². The predicted octanol–water partition coefficient (Wildman–Crippen LogP) is 4.21. The van der Waals surface area contributed by atoms with Crippen LogP contribution in [0.25, 0.3) is 11.4 Å². The van der Waals surface area contributed by atoms with E-state index in [4.69, 9.17) is 4.52 Å². The summed E-state index contributed by atoms with van der Waals surface area (Å²) in [4.78, 5) is 21.6. The monoisotopic (exact) mass is 404 g/mol. The van der Waals surface area contributed by atoms with Crippen LogP contribution < -0.4 is 4.90 Å². The third kappa shape index (κ3) is 4.37. The van der Waals surface area contributed by atoms with Crippen molar-refractivity contribution in [2.45, 2.75) is 26.2 Å². The molecule has 4 rings (SSSR count). The lowest BCUT2D eigenvalue weighted by Gasteiger charge is -2.32. The van der Waals surface area contributed by atoms with E-state index in [-0.39, 0.29) is 5.91 Å². The van der Waals surface area contributed by atoms with Crippen LogP contribution in [0, 0.1) is 12.8 Å². The zero-order chi connectivity index (χ0) is 21.1. The lowest BCUT2D eigenvalue weighted by Crippen LogP contribution is -2.40. The molecule has 0 radical (unpaired) electrons. The summed E-state index contributed by atoms with van der Waals surface area (Å²) in [5.41, 5.74) is 3.94. The highest BCUT2D eigenvalue weighted by Crippen LogP contribution is 2.25. The SMILES string of the molecule is Cc1ccccc1-c1noc(CC2CCCN(C(=O)c3ccc(N(C)C)cc3)C2)n1. The summed E-state index contributed by atoms with van der Waals surface area (Å²) in [6.07, 6.45) is 2.75. The van der Waals surface area contributed by atoms with Crippen LogP contribution in [0.2, 0.25) is 0 Å². The summed E-state index contributed by atoms with van der Waals surface area (Å²) >= 11 is 0. The zero-order valence-corrected chi connectivity index (χ0v) is 17.8. The summed E-state index contributed by atoms with van der Waals surface area (Å²) in [6.45, 7) is 3.56. The molecular weight excluding hydrogens is 376 g/mol. The second-order valence-electron chi connectivity index (χ2n) is 8.23. The lowest BCUT2D eigenvalue weighted by atomic mass is 9.94. The first-order valence-corrected chi connectivity index (χ1v) is 10.5. The fourth-order valence-corrected chi connectivity index (χ4v) is 4.02. The molecule has 2 aromatic carbocycles. The highest BCUT2D eigenvalue weighted by Gasteiger charge is 2.26. The number of benzene rings is 2. The highest BCUT2D eigenvalue weighted by atomic mass is 16.5. The number of carbonyl (C=O) groups is 1. The number of nitrogens with zero attached hydrogens (tertiary/aromatic N) is 4. The molecule has 0 spiro atoms. The van der Waals surface area contributed by atoms with Crippen LogP contribution in [-0.2, 0) is 6.42 Å². The van der Waals surface area contributed by atoms with E-state index in [1.165, 1.54) is 0 Å². The molecule has 6 heteroatoms. The molecule has 1 atom stereocenters. The van der Waals surface area contributed by atoms with E-state index < -0.39 is 0 Å². The van der Waals surface area contributed by atoms with Crippen molar-refractivity contribution in [2.75, 3.05) is 32.1 Å². The number of anilines is 1. The maximum absolute atomic E-state index is 13.0. The molecule has 1 saturated heterocycles. The van der Waals surface area contributed by atoms with Gasteiger partial charge in [-0.2, -0.15) is 4.98 Å². The van der Waals surface area contributed by atoms with E-state index in [1.54, 1.807) is 0 Å². The molecule has 1 aliphatic rings. The molecule has 3 aromatic rings. The molecule has 30 heavy (non-hydrogen) atoms. The maximum atomic E-state index is 13.0. The van der Waals surface area contributed by atoms with Gasteiger partial charge in [-0.1, -0.05) is 29.4 Å². The normalized spacial score (nSPS) is 16.5. The molecule has 0 saturated carbocycles. The third-order valence-corrected chi connectivity index (χ3v) is 5.75. The Balaban J connectivity index is 1.41. The average molecular weight is 405 g/mol. The second kappa shape index (κ2) is 8.69. The Hall–Kier alpha value is -3.15. The number of amides is 1. The molecule has 1 amide bonds. The Kier molecular flexibility index (Phi) is 5.84. The fourth-order valence-electron chi connectivity index (χ4n) is 4.02. The van der Waals surface area contributed by atoms with Crippen molar-refractivity contribution in [1.82, 2.24) is 15.0 Å². The summed E-state index contributed by atoms with van der Waals surface area (Å²) < 4.78 is 5.52. The maximum Gasteiger partial charge on any atom is 0.253 e. The van der Waals surface area contributed by atoms with E-state index >= 15 is 0 Å². The topological polar surface area (TPSA) is 62.5 Å². The van der Waals surface area contributed by atoms with Gasteiger partial charge in [-0.05, 0) is 55.5 Å². The van der Waals surface area contributed by atoms with Crippen molar-refractivity contribution < 1.29 is 9.32 Å². The number of hydrogen-bond acceptors (Lipinski definition) is 5. The quantitative estimate of drug-likeness (QED) is 0.638. The minimum Gasteiger partial charge on any atom is -0.378 e. The molecule has 1 aliphatic heterocycles. The van der Waals surface area contributed by atoms with E-state index in [9.17, 15) is 4.79 Å². The van der Waals surface area contributed by atoms with Crippen LogP contribution >= 0.6 is 0 Å². The molecule has 156 valence electrons. The summed E-state index contributed by atoms with van der Waals surface area (Å²) in [5.74, 6) is 1.70. The van der Waals surface area contributed by atoms with Gasteiger partial charge in [-0.3, -0.25) is 4.79 Å². The standard InChI is InChI=1S/C24H28N4O2/c1-17-7-4-5-9-21(17)23-25-22(30-26-23)15-18-8-6-14-28(16-18)24(29)19-10-12-20(13-11-19)27(2)3/h4-5,7,9-13,18H,6,8,14-16H2,1-3H3. The van der Waals surface area contributed by atoms with Gasteiger partial charge in [0.15, 0.2) is 0 Å². The molecule has 1 fully saturated rings. The predicted molar refractivity (Wildman–Crippen MR) is 118 cm³/mol. The van der Waals surface area contributed by atoms with E-state index in [0.717, 1.165) is 48.3 Å². The molecule has 2 heterocycles. The number of rotatable bonds is 5. The van der Waals surface area contributed by atoms with Gasteiger partial charge in [0.1, 0.15) is 0 Å². The highest BCUT2D eigenvalue weighted by molar-refractivity contribution is 5.94. The number of likely N-dealkylation sites (tertiary alicyclic amines) is 1. The number of piperidine rings is 1. The van der Waals surface area contributed by atoms with Crippen molar-refractivity contribution >= 4 is 11.6 Å². The van der Waals surface area contributed by atoms with Crippen LogP contribution in [0.15, 0.2) is 53.1 Å². The van der Waals surface area contributed by atoms with E-state index in [1.807, 2.05) is 79.3 Å². The number of aryl methyl sites for hydroxylation is 1. The van der Waals surface area contributed by atoms with Crippen LogP contribution in [0.3, 0.4) is 0 Å². The van der Waals surface area contributed by atoms with Crippen molar-refractivity contribution in [3.05, 3.63) is 65.5 Å². The first kappa shape index (κ1) is 20.1. The van der Waals surface area contributed by atoms with Gasteiger partial charge in [0.25, 0.3) is 5.91 Å².